The molecule has 0 spiro atoms. The number of urea groups is 1. The van der Waals surface area contributed by atoms with Gasteiger partial charge in [-0.1, -0.05) is 0 Å². The van der Waals surface area contributed by atoms with Gasteiger partial charge in [0.2, 0.25) is 0 Å². The maximum Gasteiger partial charge on any atom is 0.325 e. The molecule has 2 amide bonds. The Bertz CT molecular complexity index is 209. The van der Waals surface area contributed by atoms with Crippen LogP contribution in [0.1, 0.15) is 6.92 Å². The Balaban J connectivity index is 4.15. The highest BCUT2D eigenvalue weighted by Crippen LogP contribution is 1.97. The lowest BCUT2D eigenvalue weighted by Gasteiger charge is -2.22. The molecule has 0 radical (unpaired) electrons. The number of halogens is 1. The third-order valence-electron chi connectivity index (χ3n) is 1.42. The fraction of sp³-hybridized carbons (Fsp3) is 0.750. The van der Waals surface area contributed by atoms with E-state index in [1.807, 2.05) is 0 Å². The van der Waals surface area contributed by atoms with Gasteiger partial charge < -0.3 is 9.64 Å². The third-order valence-corrected chi connectivity index (χ3v) is 1.71. The molecule has 0 aliphatic rings. The second kappa shape index (κ2) is 6.48. The van der Waals surface area contributed by atoms with E-state index in [1.165, 1.54) is 9.80 Å². The molecule has 0 aromatic heterocycles. The number of alkyl halides is 1. The molecule has 0 fully saturated rings. The number of carbonyl (C=O) groups excluding carboxylic acids is 2. The van der Waals surface area contributed by atoms with Gasteiger partial charge in [0.25, 0.3) is 0 Å². The SMILES string of the molecule is CCOC(=O)CN(CCl)C(=O)N(C)C. The maximum atomic E-state index is 11.4. The van der Waals surface area contributed by atoms with Crippen molar-refractivity contribution in [2.75, 3.05) is 33.3 Å². The Labute approximate surface area is 88.6 Å². The predicted molar refractivity (Wildman–Crippen MR) is 53.1 cm³/mol. The molecule has 0 saturated heterocycles. The van der Waals surface area contributed by atoms with Crippen molar-refractivity contribution in [2.45, 2.75) is 6.92 Å². The van der Waals surface area contributed by atoms with E-state index in [-0.39, 0.29) is 18.6 Å². The first-order valence-corrected chi connectivity index (χ1v) is 4.74. The minimum atomic E-state index is -0.455. The van der Waals surface area contributed by atoms with E-state index in [4.69, 9.17) is 16.3 Å². The van der Waals surface area contributed by atoms with Crippen LogP contribution >= 0.6 is 11.6 Å². The average molecular weight is 223 g/mol. The molecule has 0 heterocycles. The Morgan fingerprint density at radius 2 is 1.93 bits per heavy atom. The lowest BCUT2D eigenvalue weighted by atomic mass is 10.5. The number of carbonyl (C=O) groups is 2. The van der Waals surface area contributed by atoms with Crippen LogP contribution in [0.5, 0.6) is 0 Å². The first-order valence-electron chi connectivity index (χ1n) is 4.20. The van der Waals surface area contributed by atoms with Crippen molar-refractivity contribution in [1.82, 2.24) is 9.80 Å². The van der Waals surface area contributed by atoms with Gasteiger partial charge in [-0.05, 0) is 6.92 Å². The molecule has 5 nitrogen and oxygen atoms in total. The van der Waals surface area contributed by atoms with Crippen LogP contribution in [-0.4, -0.2) is 55.1 Å². The molecular formula is C8H15ClN2O3. The molecule has 82 valence electrons. The summed E-state index contributed by atoms with van der Waals surface area (Å²) < 4.78 is 4.69. The van der Waals surface area contributed by atoms with Gasteiger partial charge in [0.1, 0.15) is 6.54 Å². The van der Waals surface area contributed by atoms with Gasteiger partial charge in [0.15, 0.2) is 0 Å². The van der Waals surface area contributed by atoms with E-state index in [2.05, 4.69) is 0 Å². The Kier molecular flexibility index (Phi) is 6.03. The summed E-state index contributed by atoms with van der Waals surface area (Å²) in [5.74, 6) is -0.455. The van der Waals surface area contributed by atoms with E-state index >= 15 is 0 Å². The van der Waals surface area contributed by atoms with E-state index < -0.39 is 5.97 Å². The van der Waals surface area contributed by atoms with Gasteiger partial charge in [-0.2, -0.15) is 0 Å². The molecule has 0 unspecified atom stereocenters. The molecule has 0 aromatic carbocycles. The molecule has 0 bridgehead atoms. The first-order chi connectivity index (χ1) is 6.52. The van der Waals surface area contributed by atoms with Crippen molar-refractivity contribution in [2.24, 2.45) is 0 Å². The lowest BCUT2D eigenvalue weighted by molar-refractivity contribution is -0.143. The highest BCUT2D eigenvalue weighted by molar-refractivity contribution is 6.18. The highest BCUT2D eigenvalue weighted by atomic mass is 35.5. The normalized spacial score (nSPS) is 9.43. The summed E-state index contributed by atoms with van der Waals surface area (Å²) in [6, 6.07) is -0.344. The average Bonchev–Trinajstić information content (AvgIpc) is 2.13. The number of esters is 1. The number of nitrogens with zero attached hydrogens (tertiary/aromatic N) is 2. The van der Waals surface area contributed by atoms with Gasteiger partial charge in [-0.3, -0.25) is 9.69 Å². The number of rotatable bonds is 4. The zero-order chi connectivity index (χ0) is 11.1. The monoisotopic (exact) mass is 222 g/mol. The summed E-state index contributed by atoms with van der Waals surface area (Å²) in [7, 11) is 3.18. The van der Waals surface area contributed by atoms with Gasteiger partial charge in [0.05, 0.1) is 12.6 Å². The maximum absolute atomic E-state index is 11.4. The van der Waals surface area contributed by atoms with Crippen molar-refractivity contribution < 1.29 is 14.3 Å². The molecule has 0 saturated carbocycles. The Hall–Kier alpha value is -0.970. The fourth-order valence-corrected chi connectivity index (χ4v) is 0.993. The predicted octanol–water partition coefficient (Wildman–Crippen LogP) is 0.729. The molecule has 0 aliphatic carbocycles. The molecule has 0 atom stereocenters. The quantitative estimate of drug-likeness (QED) is 0.400. The van der Waals surface area contributed by atoms with Crippen molar-refractivity contribution in [3.05, 3.63) is 0 Å². The van der Waals surface area contributed by atoms with Crippen LogP contribution in [0.25, 0.3) is 0 Å². The van der Waals surface area contributed by atoms with Gasteiger partial charge in [0, 0.05) is 14.1 Å². The van der Waals surface area contributed by atoms with Crippen molar-refractivity contribution in [1.29, 1.82) is 0 Å². The number of ether oxygens (including phenoxy) is 1. The zero-order valence-corrected chi connectivity index (χ0v) is 9.37. The summed E-state index contributed by atoms with van der Waals surface area (Å²) in [6.07, 6.45) is 0. The van der Waals surface area contributed by atoms with Gasteiger partial charge >= 0.3 is 12.0 Å². The largest absolute Gasteiger partial charge is 0.465 e. The summed E-state index contributed by atoms with van der Waals surface area (Å²) in [5.41, 5.74) is 0. The van der Waals surface area contributed by atoms with Crippen LogP contribution in [0, 0.1) is 0 Å². The number of hydrogen-bond donors (Lipinski definition) is 0. The van der Waals surface area contributed by atoms with Crippen LogP contribution in [0.4, 0.5) is 4.79 Å². The Morgan fingerprint density at radius 3 is 2.29 bits per heavy atom. The second-order valence-electron chi connectivity index (χ2n) is 2.80. The molecule has 0 N–H and O–H groups in total. The minimum absolute atomic E-state index is 0.0319. The molecular weight excluding hydrogens is 208 g/mol. The van der Waals surface area contributed by atoms with Crippen LogP contribution in [0.2, 0.25) is 0 Å². The fourth-order valence-electron chi connectivity index (χ4n) is 0.806. The van der Waals surface area contributed by atoms with Crippen LogP contribution in [0.15, 0.2) is 0 Å². The number of hydrogen-bond acceptors (Lipinski definition) is 3. The number of amides is 2. The van der Waals surface area contributed by atoms with Crippen LogP contribution < -0.4 is 0 Å². The summed E-state index contributed by atoms with van der Waals surface area (Å²) in [6.45, 7) is 1.89. The molecule has 6 heteroatoms. The van der Waals surface area contributed by atoms with E-state index in [1.54, 1.807) is 21.0 Å². The molecule has 14 heavy (non-hydrogen) atoms. The standard InChI is InChI=1S/C8H15ClN2O3/c1-4-14-7(12)5-11(6-9)8(13)10(2)3/h4-6H2,1-3H3. The van der Waals surface area contributed by atoms with Gasteiger partial charge in [-0.25, -0.2) is 4.79 Å². The lowest BCUT2D eigenvalue weighted by Crippen LogP contribution is -2.41. The van der Waals surface area contributed by atoms with E-state index in [9.17, 15) is 9.59 Å². The summed E-state index contributed by atoms with van der Waals surface area (Å²) in [4.78, 5) is 25.0. The van der Waals surface area contributed by atoms with Crippen molar-refractivity contribution in [3.8, 4) is 0 Å². The van der Waals surface area contributed by atoms with E-state index in [0.29, 0.717) is 6.61 Å². The molecule has 0 aromatic rings. The summed E-state index contributed by atoms with van der Waals surface area (Å²) in [5, 5.41) is 0. The van der Waals surface area contributed by atoms with Crippen molar-refractivity contribution >= 4 is 23.6 Å². The topological polar surface area (TPSA) is 49.9 Å². The smallest absolute Gasteiger partial charge is 0.325 e. The third kappa shape index (κ3) is 4.32. The minimum Gasteiger partial charge on any atom is -0.465 e. The molecule has 0 aliphatic heterocycles. The van der Waals surface area contributed by atoms with E-state index in [0.717, 1.165) is 0 Å². The first kappa shape index (κ1) is 13.0. The van der Waals surface area contributed by atoms with Gasteiger partial charge in [-0.15, -0.1) is 11.6 Å². The molecule has 0 rings (SSSR count). The zero-order valence-electron chi connectivity index (χ0n) is 8.62. The second-order valence-corrected chi connectivity index (χ2v) is 3.04. The Morgan fingerprint density at radius 1 is 1.36 bits per heavy atom. The summed E-state index contributed by atoms with van der Waals surface area (Å²) >= 11 is 5.52. The van der Waals surface area contributed by atoms with Crippen LogP contribution in [-0.2, 0) is 9.53 Å². The van der Waals surface area contributed by atoms with Crippen LogP contribution in [0.3, 0.4) is 0 Å². The highest BCUT2D eigenvalue weighted by Gasteiger charge is 2.17. The van der Waals surface area contributed by atoms with Crippen molar-refractivity contribution in [3.63, 3.8) is 0 Å².